The second-order valence-corrected chi connectivity index (χ2v) is 8.03. The second kappa shape index (κ2) is 7.22. The topological polar surface area (TPSA) is 40.5 Å². The van der Waals surface area contributed by atoms with Gasteiger partial charge in [0.1, 0.15) is 0 Å². The first kappa shape index (κ1) is 17.3. The first-order chi connectivity index (χ1) is 12.6. The zero-order chi connectivity index (χ0) is 18.1. The van der Waals surface area contributed by atoms with Gasteiger partial charge >= 0.3 is 5.97 Å². The highest BCUT2D eigenvalue weighted by atomic mass is 32.1. The molecule has 0 saturated carbocycles. The minimum absolute atomic E-state index is 0.191. The Balaban J connectivity index is 1.77. The lowest BCUT2D eigenvalue weighted by molar-refractivity contribution is -0.143. The van der Waals surface area contributed by atoms with E-state index < -0.39 is 5.97 Å². The Labute approximate surface area is 157 Å². The van der Waals surface area contributed by atoms with Crippen LogP contribution in [0.1, 0.15) is 34.9 Å². The summed E-state index contributed by atoms with van der Waals surface area (Å²) < 4.78 is 0. The minimum atomic E-state index is -0.654. The summed E-state index contributed by atoms with van der Waals surface area (Å²) in [6, 6.07) is 17.4. The summed E-state index contributed by atoms with van der Waals surface area (Å²) in [6.45, 7) is 3.82. The van der Waals surface area contributed by atoms with Gasteiger partial charge in [0.15, 0.2) is 0 Å². The molecule has 0 spiro atoms. The van der Waals surface area contributed by atoms with Gasteiger partial charge in [-0.2, -0.15) is 0 Å². The van der Waals surface area contributed by atoms with Crippen molar-refractivity contribution in [3.05, 3.63) is 69.9 Å². The molecule has 1 aliphatic rings. The minimum Gasteiger partial charge on any atom is -0.481 e. The lowest BCUT2D eigenvalue weighted by Crippen LogP contribution is -2.39. The quantitative estimate of drug-likeness (QED) is 0.699. The molecule has 1 aliphatic heterocycles. The van der Waals surface area contributed by atoms with Gasteiger partial charge in [-0.3, -0.25) is 9.69 Å². The number of rotatable bonds is 4. The van der Waals surface area contributed by atoms with E-state index in [4.69, 9.17) is 0 Å². The van der Waals surface area contributed by atoms with Crippen LogP contribution in [0, 0.1) is 12.8 Å². The van der Waals surface area contributed by atoms with E-state index in [2.05, 4.69) is 65.7 Å². The first-order valence-electron chi connectivity index (χ1n) is 9.13. The Morgan fingerprint density at radius 1 is 1.12 bits per heavy atom. The number of nitrogens with zero attached hydrogens (tertiary/aromatic N) is 1. The SMILES string of the molecule is Cc1ccsc1C(c1cccc2ccccc12)N1CCC(C(=O)O)CC1. The maximum absolute atomic E-state index is 11.3. The fraction of sp³-hybridized carbons (Fsp3) is 0.318. The molecule has 2 heterocycles. The zero-order valence-electron chi connectivity index (χ0n) is 14.9. The van der Waals surface area contributed by atoms with E-state index in [1.54, 1.807) is 11.3 Å². The summed E-state index contributed by atoms with van der Waals surface area (Å²) in [6.07, 6.45) is 1.45. The van der Waals surface area contributed by atoms with Crippen molar-refractivity contribution in [3.63, 3.8) is 0 Å². The van der Waals surface area contributed by atoms with E-state index in [9.17, 15) is 9.90 Å². The monoisotopic (exact) mass is 365 g/mol. The summed E-state index contributed by atoms with van der Waals surface area (Å²) in [7, 11) is 0. The van der Waals surface area contributed by atoms with Crippen LogP contribution >= 0.6 is 11.3 Å². The number of aliphatic carboxylic acids is 1. The molecule has 26 heavy (non-hydrogen) atoms. The Kier molecular flexibility index (Phi) is 4.79. The number of aryl methyl sites for hydroxylation is 1. The van der Waals surface area contributed by atoms with Crippen LogP contribution in [0.2, 0.25) is 0 Å². The molecule has 1 fully saturated rings. The maximum Gasteiger partial charge on any atom is 0.306 e. The van der Waals surface area contributed by atoms with Gasteiger partial charge in [0.25, 0.3) is 0 Å². The normalized spacial score (nSPS) is 17.4. The molecular formula is C22H23NO2S. The van der Waals surface area contributed by atoms with E-state index in [-0.39, 0.29) is 12.0 Å². The zero-order valence-corrected chi connectivity index (χ0v) is 15.7. The Bertz CT molecular complexity index is 919. The summed E-state index contributed by atoms with van der Waals surface area (Å²) in [5, 5.41) is 14.0. The lowest BCUT2D eigenvalue weighted by Gasteiger charge is -2.37. The summed E-state index contributed by atoms with van der Waals surface area (Å²) in [4.78, 5) is 15.2. The number of likely N-dealkylation sites (tertiary alicyclic amines) is 1. The highest BCUT2D eigenvalue weighted by Crippen LogP contribution is 2.39. The van der Waals surface area contributed by atoms with Gasteiger partial charge in [-0.25, -0.2) is 0 Å². The third-order valence-corrected chi connectivity index (χ3v) is 6.58. The molecule has 0 aliphatic carbocycles. The molecule has 1 atom stereocenters. The molecule has 0 bridgehead atoms. The van der Waals surface area contributed by atoms with E-state index in [0.717, 1.165) is 25.9 Å². The molecule has 3 aromatic rings. The third-order valence-electron chi connectivity index (χ3n) is 5.51. The van der Waals surface area contributed by atoms with Crippen molar-refractivity contribution < 1.29 is 9.90 Å². The second-order valence-electron chi connectivity index (χ2n) is 7.09. The molecule has 1 unspecified atom stereocenters. The largest absolute Gasteiger partial charge is 0.481 e. The molecule has 4 heteroatoms. The molecule has 0 amide bonds. The summed E-state index contributed by atoms with van der Waals surface area (Å²) in [5.74, 6) is -0.859. The average molecular weight is 365 g/mol. The predicted molar refractivity (Wildman–Crippen MR) is 107 cm³/mol. The molecule has 1 saturated heterocycles. The summed E-state index contributed by atoms with van der Waals surface area (Å²) in [5.41, 5.74) is 2.63. The van der Waals surface area contributed by atoms with Crippen LogP contribution < -0.4 is 0 Å². The van der Waals surface area contributed by atoms with E-state index in [0.29, 0.717) is 0 Å². The summed E-state index contributed by atoms with van der Waals surface area (Å²) >= 11 is 1.80. The van der Waals surface area contributed by atoms with Crippen LogP contribution in [0.15, 0.2) is 53.9 Å². The highest BCUT2D eigenvalue weighted by Gasteiger charge is 2.32. The third kappa shape index (κ3) is 3.15. The van der Waals surface area contributed by atoms with E-state index in [1.807, 2.05) is 0 Å². The van der Waals surface area contributed by atoms with Crippen molar-refractivity contribution in [2.24, 2.45) is 5.92 Å². The number of hydrogen-bond acceptors (Lipinski definition) is 3. The van der Waals surface area contributed by atoms with Crippen LogP contribution in [0.3, 0.4) is 0 Å². The van der Waals surface area contributed by atoms with Crippen LogP contribution in [0.4, 0.5) is 0 Å². The number of carboxylic acids is 1. The van der Waals surface area contributed by atoms with E-state index >= 15 is 0 Å². The first-order valence-corrected chi connectivity index (χ1v) is 10.0. The van der Waals surface area contributed by atoms with Crippen LogP contribution in [-0.4, -0.2) is 29.1 Å². The van der Waals surface area contributed by atoms with Gasteiger partial charge in [0.2, 0.25) is 0 Å². The smallest absolute Gasteiger partial charge is 0.306 e. The molecule has 2 aromatic carbocycles. The standard InChI is InChI=1S/C22H23NO2S/c1-15-11-14-26-21(15)20(23-12-9-17(10-13-23)22(24)25)19-8-4-6-16-5-2-3-7-18(16)19/h2-8,11,14,17,20H,9-10,12-13H2,1H3,(H,24,25). The Morgan fingerprint density at radius 3 is 2.54 bits per heavy atom. The van der Waals surface area contributed by atoms with Crippen molar-refractivity contribution in [3.8, 4) is 0 Å². The van der Waals surface area contributed by atoms with Crippen molar-refractivity contribution in [2.75, 3.05) is 13.1 Å². The van der Waals surface area contributed by atoms with Crippen molar-refractivity contribution in [2.45, 2.75) is 25.8 Å². The predicted octanol–water partition coefficient (Wildman–Crippen LogP) is 5.10. The van der Waals surface area contributed by atoms with Gasteiger partial charge < -0.3 is 5.11 Å². The molecule has 3 nitrogen and oxygen atoms in total. The fourth-order valence-corrected chi connectivity index (χ4v) is 5.14. The van der Waals surface area contributed by atoms with Gasteiger partial charge in [-0.15, -0.1) is 11.3 Å². The molecular weight excluding hydrogens is 342 g/mol. The average Bonchev–Trinajstić information content (AvgIpc) is 3.08. The molecule has 4 rings (SSSR count). The molecule has 1 N–H and O–H groups in total. The van der Waals surface area contributed by atoms with Crippen LogP contribution in [0.25, 0.3) is 10.8 Å². The number of carboxylic acid groups (broad SMARTS) is 1. The van der Waals surface area contributed by atoms with Gasteiger partial charge in [0, 0.05) is 4.88 Å². The Hall–Kier alpha value is -2.17. The molecule has 134 valence electrons. The number of thiophene rings is 1. The van der Waals surface area contributed by atoms with Gasteiger partial charge in [-0.1, -0.05) is 42.5 Å². The number of fused-ring (bicyclic) bond motifs is 1. The van der Waals surface area contributed by atoms with Gasteiger partial charge in [0.05, 0.1) is 12.0 Å². The van der Waals surface area contributed by atoms with E-state index in [1.165, 1.54) is 26.8 Å². The highest BCUT2D eigenvalue weighted by molar-refractivity contribution is 7.10. The number of piperidine rings is 1. The molecule has 1 aromatic heterocycles. The van der Waals surface area contributed by atoms with Gasteiger partial charge in [-0.05, 0) is 66.2 Å². The number of benzene rings is 2. The molecule has 0 radical (unpaired) electrons. The van der Waals surface area contributed by atoms with Crippen LogP contribution in [-0.2, 0) is 4.79 Å². The van der Waals surface area contributed by atoms with Crippen LogP contribution in [0.5, 0.6) is 0 Å². The van der Waals surface area contributed by atoms with Crippen molar-refractivity contribution in [1.82, 2.24) is 4.90 Å². The fourth-order valence-electron chi connectivity index (χ4n) is 4.06. The van der Waals surface area contributed by atoms with Crippen molar-refractivity contribution >= 4 is 28.1 Å². The Morgan fingerprint density at radius 2 is 1.85 bits per heavy atom. The number of hydrogen-bond donors (Lipinski definition) is 1. The lowest BCUT2D eigenvalue weighted by atomic mass is 9.91. The van der Waals surface area contributed by atoms with Crippen molar-refractivity contribution in [1.29, 1.82) is 0 Å². The maximum atomic E-state index is 11.3. The number of carbonyl (C=O) groups is 1.